The Kier molecular flexibility index (Phi) is 9.93. The highest BCUT2D eigenvalue weighted by Gasteiger charge is 2.06. The van der Waals surface area contributed by atoms with Gasteiger partial charge in [-0.05, 0) is 19.6 Å². The molecule has 0 aliphatic rings. The van der Waals surface area contributed by atoms with Crippen LogP contribution in [0.25, 0.3) is 0 Å². The first kappa shape index (κ1) is 14.2. The van der Waals surface area contributed by atoms with Crippen molar-refractivity contribution in [1.29, 1.82) is 0 Å². The summed E-state index contributed by atoms with van der Waals surface area (Å²) in [6.07, 6.45) is -0.385. The van der Waals surface area contributed by atoms with Crippen LogP contribution in [0.3, 0.4) is 0 Å². The Bertz CT molecular complexity index is 111. The molecule has 14 heavy (non-hydrogen) atoms. The summed E-state index contributed by atoms with van der Waals surface area (Å²) in [5.74, 6) is 2.24. The number of thioether (sulfide) groups is 1. The molecule has 0 amide bonds. The Morgan fingerprint density at radius 3 is 2.71 bits per heavy atom. The summed E-state index contributed by atoms with van der Waals surface area (Å²) >= 11 is 1.91. The summed E-state index contributed by atoms with van der Waals surface area (Å²) in [6.45, 7) is 7.93. The molecule has 86 valence electrons. The molecule has 0 saturated carbocycles. The van der Waals surface area contributed by atoms with Gasteiger partial charge in [0.25, 0.3) is 0 Å². The van der Waals surface area contributed by atoms with Gasteiger partial charge in [0, 0.05) is 24.9 Å². The number of aliphatic hydroxyl groups excluding tert-OH is 1. The molecule has 3 nitrogen and oxygen atoms in total. The topological polar surface area (TPSA) is 41.5 Å². The zero-order chi connectivity index (χ0) is 10.8. The maximum absolute atomic E-state index is 9.46. The lowest BCUT2D eigenvalue weighted by Gasteiger charge is -2.16. The normalized spacial score (nSPS) is 15.4. The highest BCUT2D eigenvalue weighted by Crippen LogP contribution is 2.01. The Balaban J connectivity index is 3.31. The predicted octanol–water partition coefficient (Wildman–Crippen LogP) is 1.11. The van der Waals surface area contributed by atoms with Gasteiger partial charge in [0.2, 0.25) is 0 Å². The van der Waals surface area contributed by atoms with Gasteiger partial charge >= 0.3 is 0 Å². The molecule has 2 N–H and O–H groups in total. The molecule has 0 aromatic heterocycles. The molecular weight excluding hydrogens is 198 g/mol. The van der Waals surface area contributed by atoms with E-state index in [9.17, 15) is 5.11 Å². The number of ether oxygens (including phenoxy) is 1. The van der Waals surface area contributed by atoms with E-state index >= 15 is 0 Å². The van der Waals surface area contributed by atoms with Crippen LogP contribution in [-0.2, 0) is 4.74 Å². The van der Waals surface area contributed by atoms with Crippen LogP contribution in [0.15, 0.2) is 0 Å². The average molecular weight is 221 g/mol. The Morgan fingerprint density at radius 1 is 1.43 bits per heavy atom. The Hall–Kier alpha value is 0.230. The summed E-state index contributed by atoms with van der Waals surface area (Å²) in [4.78, 5) is 0. The first-order valence-corrected chi connectivity index (χ1v) is 6.43. The van der Waals surface area contributed by atoms with Crippen molar-refractivity contribution in [2.75, 3.05) is 31.3 Å². The van der Waals surface area contributed by atoms with E-state index in [0.29, 0.717) is 25.8 Å². The molecule has 0 bridgehead atoms. The molecule has 0 rings (SSSR count). The van der Waals surface area contributed by atoms with Gasteiger partial charge in [-0.2, -0.15) is 11.8 Å². The van der Waals surface area contributed by atoms with Crippen molar-refractivity contribution in [2.45, 2.75) is 32.9 Å². The zero-order valence-electron chi connectivity index (χ0n) is 9.45. The van der Waals surface area contributed by atoms with Crippen LogP contribution in [0.1, 0.15) is 20.8 Å². The first-order chi connectivity index (χ1) is 6.70. The minimum Gasteiger partial charge on any atom is -0.389 e. The molecule has 0 aliphatic carbocycles. The summed E-state index contributed by atoms with van der Waals surface area (Å²) in [5.41, 5.74) is 0. The highest BCUT2D eigenvalue weighted by atomic mass is 32.2. The molecule has 0 spiro atoms. The molecule has 2 unspecified atom stereocenters. The van der Waals surface area contributed by atoms with Crippen LogP contribution in [0.5, 0.6) is 0 Å². The first-order valence-electron chi connectivity index (χ1n) is 5.27. The lowest BCUT2D eigenvalue weighted by atomic mass is 10.3. The second-order valence-corrected chi connectivity index (χ2v) is 4.60. The van der Waals surface area contributed by atoms with Crippen LogP contribution >= 0.6 is 11.8 Å². The Morgan fingerprint density at radius 2 is 2.14 bits per heavy atom. The van der Waals surface area contributed by atoms with Gasteiger partial charge in [-0.1, -0.05) is 6.92 Å². The SMILES string of the molecule is CCOCC(O)CNC(C)CSCC. The smallest absolute Gasteiger partial charge is 0.0897 e. The third-order valence-electron chi connectivity index (χ3n) is 1.79. The predicted molar refractivity (Wildman–Crippen MR) is 63.0 cm³/mol. The van der Waals surface area contributed by atoms with E-state index in [1.807, 2.05) is 18.7 Å². The number of hydrogen-bond acceptors (Lipinski definition) is 4. The monoisotopic (exact) mass is 221 g/mol. The Labute approximate surface area is 91.6 Å². The minimum absolute atomic E-state index is 0.385. The largest absolute Gasteiger partial charge is 0.389 e. The van der Waals surface area contributed by atoms with Gasteiger partial charge in [-0.15, -0.1) is 0 Å². The fourth-order valence-electron chi connectivity index (χ4n) is 1.00. The van der Waals surface area contributed by atoms with E-state index in [-0.39, 0.29) is 6.10 Å². The number of aliphatic hydroxyl groups is 1. The highest BCUT2D eigenvalue weighted by molar-refractivity contribution is 7.99. The van der Waals surface area contributed by atoms with Gasteiger partial charge in [-0.3, -0.25) is 0 Å². The van der Waals surface area contributed by atoms with Gasteiger partial charge in [-0.25, -0.2) is 0 Å². The second kappa shape index (κ2) is 9.77. The third-order valence-corrected chi connectivity index (χ3v) is 2.93. The summed E-state index contributed by atoms with van der Waals surface area (Å²) < 4.78 is 5.11. The molecular formula is C10H23NO2S. The molecule has 4 heteroatoms. The van der Waals surface area contributed by atoms with E-state index in [0.717, 1.165) is 11.5 Å². The third kappa shape index (κ3) is 8.81. The van der Waals surface area contributed by atoms with E-state index in [4.69, 9.17) is 4.74 Å². The molecule has 0 aromatic carbocycles. The van der Waals surface area contributed by atoms with Crippen LogP contribution in [-0.4, -0.2) is 48.5 Å². The number of nitrogens with one attached hydrogen (secondary N) is 1. The van der Waals surface area contributed by atoms with Crippen LogP contribution in [0.2, 0.25) is 0 Å². The maximum atomic E-state index is 9.46. The average Bonchev–Trinajstić information content (AvgIpc) is 2.20. The van der Waals surface area contributed by atoms with Crippen LogP contribution in [0.4, 0.5) is 0 Å². The lowest BCUT2D eigenvalue weighted by molar-refractivity contribution is 0.0420. The number of rotatable bonds is 9. The van der Waals surface area contributed by atoms with Crippen molar-refractivity contribution >= 4 is 11.8 Å². The zero-order valence-corrected chi connectivity index (χ0v) is 10.3. The van der Waals surface area contributed by atoms with E-state index in [2.05, 4.69) is 19.2 Å². The van der Waals surface area contributed by atoms with Gasteiger partial charge in [0.15, 0.2) is 0 Å². The fraction of sp³-hybridized carbons (Fsp3) is 1.00. The van der Waals surface area contributed by atoms with Crippen molar-refractivity contribution in [3.05, 3.63) is 0 Å². The summed E-state index contributed by atoms with van der Waals surface area (Å²) in [7, 11) is 0. The molecule has 0 heterocycles. The van der Waals surface area contributed by atoms with Crippen molar-refractivity contribution < 1.29 is 9.84 Å². The number of hydrogen-bond donors (Lipinski definition) is 2. The maximum Gasteiger partial charge on any atom is 0.0897 e. The van der Waals surface area contributed by atoms with Gasteiger partial charge in [0.05, 0.1) is 12.7 Å². The summed E-state index contributed by atoms with van der Waals surface area (Å²) in [5, 5.41) is 12.7. The van der Waals surface area contributed by atoms with Crippen molar-refractivity contribution in [3.63, 3.8) is 0 Å². The molecule has 2 atom stereocenters. The lowest BCUT2D eigenvalue weighted by Crippen LogP contribution is -2.37. The van der Waals surface area contributed by atoms with E-state index in [1.165, 1.54) is 0 Å². The molecule has 0 saturated heterocycles. The van der Waals surface area contributed by atoms with E-state index < -0.39 is 0 Å². The van der Waals surface area contributed by atoms with Crippen molar-refractivity contribution in [3.8, 4) is 0 Å². The van der Waals surface area contributed by atoms with Gasteiger partial charge < -0.3 is 15.2 Å². The second-order valence-electron chi connectivity index (χ2n) is 3.28. The van der Waals surface area contributed by atoms with Crippen molar-refractivity contribution in [2.24, 2.45) is 0 Å². The standard InChI is InChI=1S/C10H23NO2S/c1-4-13-7-10(12)6-11-9(3)8-14-5-2/h9-12H,4-8H2,1-3H3. The van der Waals surface area contributed by atoms with Crippen molar-refractivity contribution in [1.82, 2.24) is 5.32 Å². The van der Waals surface area contributed by atoms with Gasteiger partial charge in [0.1, 0.15) is 0 Å². The molecule has 0 aliphatic heterocycles. The van der Waals surface area contributed by atoms with Crippen LogP contribution in [0, 0.1) is 0 Å². The minimum atomic E-state index is -0.385. The quantitative estimate of drug-likeness (QED) is 0.612. The summed E-state index contributed by atoms with van der Waals surface area (Å²) in [6, 6.07) is 0.455. The van der Waals surface area contributed by atoms with E-state index in [1.54, 1.807) is 0 Å². The molecule has 0 fully saturated rings. The van der Waals surface area contributed by atoms with Crippen LogP contribution < -0.4 is 5.32 Å². The molecule has 0 radical (unpaired) electrons. The fourth-order valence-corrected chi connectivity index (χ4v) is 1.71. The molecule has 0 aromatic rings.